The Morgan fingerprint density at radius 3 is 2.61 bits per heavy atom. The van der Waals surface area contributed by atoms with Gasteiger partial charge in [-0.2, -0.15) is 0 Å². The van der Waals surface area contributed by atoms with Crippen LogP contribution in [0.5, 0.6) is 0 Å². The summed E-state index contributed by atoms with van der Waals surface area (Å²) in [5.41, 5.74) is 1.63. The summed E-state index contributed by atoms with van der Waals surface area (Å²) in [6.07, 6.45) is 3.25. The molecule has 0 bridgehead atoms. The van der Waals surface area contributed by atoms with Crippen molar-refractivity contribution in [2.75, 3.05) is 22.1 Å². The lowest BCUT2D eigenvalue weighted by Crippen LogP contribution is -2.25. The van der Waals surface area contributed by atoms with Gasteiger partial charge in [0.1, 0.15) is 5.69 Å². The quantitative estimate of drug-likeness (QED) is 0.589. The van der Waals surface area contributed by atoms with Crippen molar-refractivity contribution in [1.29, 1.82) is 0 Å². The highest BCUT2D eigenvalue weighted by Gasteiger charge is 2.27. The first-order valence-corrected chi connectivity index (χ1v) is 9.28. The van der Waals surface area contributed by atoms with Crippen molar-refractivity contribution in [2.45, 2.75) is 31.7 Å². The zero-order valence-electron chi connectivity index (χ0n) is 15.2. The van der Waals surface area contributed by atoms with Crippen LogP contribution in [-0.4, -0.2) is 29.3 Å². The van der Waals surface area contributed by atoms with E-state index in [-0.39, 0.29) is 23.2 Å². The summed E-state index contributed by atoms with van der Waals surface area (Å²) in [4.78, 5) is 37.4. The van der Waals surface area contributed by atoms with Crippen LogP contribution in [0.15, 0.2) is 42.5 Å². The molecule has 1 aliphatic carbocycles. The number of nitro benzene ring substituents is 1. The largest absolute Gasteiger partial charge is 0.377 e. The second kappa shape index (κ2) is 7.30. The van der Waals surface area contributed by atoms with Crippen LogP contribution in [-0.2, 0) is 4.79 Å². The van der Waals surface area contributed by atoms with Gasteiger partial charge < -0.3 is 15.5 Å². The molecule has 0 unspecified atom stereocenters. The van der Waals surface area contributed by atoms with Crippen molar-refractivity contribution >= 4 is 34.6 Å². The molecule has 1 saturated carbocycles. The van der Waals surface area contributed by atoms with Crippen LogP contribution in [0.4, 0.5) is 22.7 Å². The average molecular weight is 380 g/mol. The van der Waals surface area contributed by atoms with Crippen molar-refractivity contribution in [2.24, 2.45) is 0 Å². The summed E-state index contributed by atoms with van der Waals surface area (Å²) >= 11 is 0. The maximum atomic E-state index is 12.7. The maximum absolute atomic E-state index is 12.7. The molecule has 1 aliphatic heterocycles. The summed E-state index contributed by atoms with van der Waals surface area (Å²) in [7, 11) is 0. The normalized spacial score (nSPS) is 16.1. The number of nitrogens with zero attached hydrogens (tertiary/aromatic N) is 2. The van der Waals surface area contributed by atoms with Gasteiger partial charge in [0, 0.05) is 30.6 Å². The molecule has 2 amide bonds. The van der Waals surface area contributed by atoms with E-state index >= 15 is 0 Å². The van der Waals surface area contributed by atoms with Crippen molar-refractivity contribution in [3.05, 3.63) is 58.1 Å². The van der Waals surface area contributed by atoms with E-state index < -0.39 is 10.8 Å². The molecular formula is C20H20N4O4. The van der Waals surface area contributed by atoms with E-state index in [0.717, 1.165) is 19.3 Å². The molecule has 2 N–H and O–H groups in total. The lowest BCUT2D eigenvalue weighted by Gasteiger charge is -2.20. The number of hydrogen-bond acceptors (Lipinski definition) is 5. The van der Waals surface area contributed by atoms with Crippen molar-refractivity contribution in [1.82, 2.24) is 0 Å². The summed E-state index contributed by atoms with van der Waals surface area (Å²) in [6, 6.07) is 11.8. The van der Waals surface area contributed by atoms with Gasteiger partial charge >= 0.3 is 0 Å². The third kappa shape index (κ3) is 3.66. The van der Waals surface area contributed by atoms with Crippen LogP contribution in [0, 0.1) is 10.1 Å². The Morgan fingerprint density at radius 1 is 1.14 bits per heavy atom. The molecule has 4 rings (SSSR count). The summed E-state index contributed by atoms with van der Waals surface area (Å²) in [6.45, 7) is 0.610. The standard InChI is InChI=1S/C20H20N4O4/c25-19-6-3-11-23(19)17-5-2-1-4-15(17)22-20(26)13-7-10-16(21-14-8-9-14)18(12-13)24(27)28/h1-2,4-5,7,10,12,14,21H,3,6,8-9,11H2,(H,22,26). The van der Waals surface area contributed by atoms with Crippen LogP contribution in [0.3, 0.4) is 0 Å². The molecule has 0 aromatic heterocycles. The SMILES string of the molecule is O=C(Nc1ccccc1N1CCCC1=O)c1ccc(NC2CC2)c([N+](=O)[O-])c1. The Morgan fingerprint density at radius 2 is 1.93 bits per heavy atom. The fourth-order valence-corrected chi connectivity index (χ4v) is 3.31. The first-order valence-electron chi connectivity index (χ1n) is 9.28. The predicted molar refractivity (Wildman–Crippen MR) is 106 cm³/mol. The molecule has 1 heterocycles. The summed E-state index contributed by atoms with van der Waals surface area (Å²) in [5.74, 6) is -0.437. The van der Waals surface area contributed by atoms with E-state index in [9.17, 15) is 19.7 Å². The summed E-state index contributed by atoms with van der Waals surface area (Å²) in [5, 5.41) is 17.3. The molecule has 2 aromatic rings. The van der Waals surface area contributed by atoms with Gasteiger partial charge in [0.15, 0.2) is 0 Å². The molecule has 1 saturated heterocycles. The van der Waals surface area contributed by atoms with Gasteiger partial charge in [0.05, 0.1) is 16.3 Å². The molecule has 144 valence electrons. The lowest BCUT2D eigenvalue weighted by atomic mass is 10.1. The third-order valence-electron chi connectivity index (χ3n) is 4.91. The second-order valence-electron chi connectivity index (χ2n) is 7.03. The smallest absolute Gasteiger partial charge is 0.293 e. The van der Waals surface area contributed by atoms with Gasteiger partial charge in [0.2, 0.25) is 5.91 Å². The Labute approximate surface area is 161 Å². The lowest BCUT2D eigenvalue weighted by molar-refractivity contribution is -0.384. The Kier molecular flexibility index (Phi) is 4.68. The predicted octanol–water partition coefficient (Wildman–Crippen LogP) is 3.55. The van der Waals surface area contributed by atoms with E-state index in [2.05, 4.69) is 10.6 Å². The number of carbonyl (C=O) groups excluding carboxylic acids is 2. The molecule has 2 aromatic carbocycles. The van der Waals surface area contributed by atoms with E-state index in [1.165, 1.54) is 6.07 Å². The van der Waals surface area contributed by atoms with Crippen molar-refractivity contribution in [3.63, 3.8) is 0 Å². The van der Waals surface area contributed by atoms with Gasteiger partial charge in [-0.3, -0.25) is 19.7 Å². The Balaban J connectivity index is 1.58. The number of nitrogens with one attached hydrogen (secondary N) is 2. The Hall–Kier alpha value is -3.42. The second-order valence-corrected chi connectivity index (χ2v) is 7.03. The van der Waals surface area contributed by atoms with E-state index in [4.69, 9.17) is 0 Å². The van der Waals surface area contributed by atoms with Crippen LogP contribution in [0.25, 0.3) is 0 Å². The average Bonchev–Trinajstić information content (AvgIpc) is 3.40. The molecule has 0 radical (unpaired) electrons. The van der Waals surface area contributed by atoms with Crippen LogP contribution < -0.4 is 15.5 Å². The molecule has 28 heavy (non-hydrogen) atoms. The highest BCUT2D eigenvalue weighted by Crippen LogP contribution is 2.33. The van der Waals surface area contributed by atoms with E-state index in [0.29, 0.717) is 30.0 Å². The fourth-order valence-electron chi connectivity index (χ4n) is 3.31. The monoisotopic (exact) mass is 380 g/mol. The first kappa shape index (κ1) is 18.0. The molecule has 8 nitrogen and oxygen atoms in total. The summed E-state index contributed by atoms with van der Waals surface area (Å²) < 4.78 is 0. The highest BCUT2D eigenvalue weighted by molar-refractivity contribution is 6.08. The number of para-hydroxylation sites is 2. The number of anilines is 3. The molecule has 0 spiro atoms. The zero-order chi connectivity index (χ0) is 19.7. The molecule has 0 atom stereocenters. The first-order chi connectivity index (χ1) is 13.5. The van der Waals surface area contributed by atoms with Crippen LogP contribution >= 0.6 is 0 Å². The van der Waals surface area contributed by atoms with Crippen LogP contribution in [0.1, 0.15) is 36.0 Å². The fraction of sp³-hybridized carbons (Fsp3) is 0.300. The minimum Gasteiger partial charge on any atom is -0.377 e. The zero-order valence-corrected chi connectivity index (χ0v) is 15.2. The van der Waals surface area contributed by atoms with Gasteiger partial charge in [-0.15, -0.1) is 0 Å². The minimum absolute atomic E-state index is 0.0211. The number of hydrogen-bond donors (Lipinski definition) is 2. The molecule has 8 heteroatoms. The molecule has 2 aliphatic rings. The minimum atomic E-state index is -0.488. The highest BCUT2D eigenvalue weighted by atomic mass is 16.6. The van der Waals surface area contributed by atoms with Gasteiger partial charge in [0.25, 0.3) is 11.6 Å². The van der Waals surface area contributed by atoms with Crippen molar-refractivity contribution in [3.8, 4) is 0 Å². The molecular weight excluding hydrogens is 360 g/mol. The number of rotatable bonds is 6. The topological polar surface area (TPSA) is 105 Å². The van der Waals surface area contributed by atoms with Crippen molar-refractivity contribution < 1.29 is 14.5 Å². The number of amides is 2. The number of nitro groups is 1. The number of benzene rings is 2. The van der Waals surface area contributed by atoms with Gasteiger partial charge in [-0.25, -0.2) is 0 Å². The van der Waals surface area contributed by atoms with Crippen LogP contribution in [0.2, 0.25) is 0 Å². The maximum Gasteiger partial charge on any atom is 0.293 e. The number of carbonyl (C=O) groups is 2. The van der Waals surface area contributed by atoms with E-state index in [1.54, 1.807) is 41.3 Å². The third-order valence-corrected chi connectivity index (χ3v) is 4.91. The van der Waals surface area contributed by atoms with E-state index in [1.807, 2.05) is 0 Å². The molecule has 2 fully saturated rings. The van der Waals surface area contributed by atoms with Gasteiger partial charge in [-0.1, -0.05) is 12.1 Å². The Bertz CT molecular complexity index is 955. The van der Waals surface area contributed by atoms with Gasteiger partial charge in [-0.05, 0) is 43.5 Å².